The van der Waals surface area contributed by atoms with E-state index in [9.17, 15) is 18.0 Å². The molecule has 0 atom stereocenters. The molecule has 1 amide bonds. The highest BCUT2D eigenvalue weighted by atomic mass is 35.5. The molecule has 0 aromatic heterocycles. The molecule has 0 aliphatic carbocycles. The van der Waals surface area contributed by atoms with Crippen molar-refractivity contribution in [3.63, 3.8) is 0 Å². The third-order valence-corrected chi connectivity index (χ3v) is 4.95. The predicted molar refractivity (Wildman–Crippen MR) is 98.5 cm³/mol. The van der Waals surface area contributed by atoms with Gasteiger partial charge in [-0.15, -0.1) is 0 Å². The molecule has 8 heteroatoms. The molecule has 1 aliphatic heterocycles. The molecule has 0 spiro atoms. The van der Waals surface area contributed by atoms with Crippen LogP contribution >= 0.6 is 11.6 Å². The van der Waals surface area contributed by atoms with E-state index in [-0.39, 0.29) is 18.0 Å². The maximum atomic E-state index is 13.8. The molecular weight excluding hydrogens is 379 g/mol. The highest BCUT2D eigenvalue weighted by molar-refractivity contribution is 6.34. The first-order valence-corrected chi connectivity index (χ1v) is 8.89. The monoisotopic (exact) mass is 397 g/mol. The topological polar surface area (TPSA) is 35.6 Å². The second-order valence-electron chi connectivity index (χ2n) is 6.36. The van der Waals surface area contributed by atoms with Crippen LogP contribution in [-0.2, 0) is 6.54 Å². The largest absolute Gasteiger partial charge is 0.388 e. The van der Waals surface area contributed by atoms with E-state index in [4.69, 9.17) is 11.6 Å². The summed E-state index contributed by atoms with van der Waals surface area (Å²) in [5, 5.41) is 3.32. The molecule has 144 valence electrons. The van der Waals surface area contributed by atoms with Gasteiger partial charge in [-0.05, 0) is 18.2 Å². The van der Waals surface area contributed by atoms with Crippen LogP contribution in [0, 0.1) is 17.5 Å². The van der Waals surface area contributed by atoms with Gasteiger partial charge in [0.15, 0.2) is 0 Å². The number of anilines is 1. The van der Waals surface area contributed by atoms with Gasteiger partial charge in [0, 0.05) is 63.2 Å². The normalized spacial score (nSPS) is 15.1. The first-order chi connectivity index (χ1) is 12.9. The fourth-order valence-electron chi connectivity index (χ4n) is 3.07. The van der Waals surface area contributed by atoms with Crippen molar-refractivity contribution in [3.05, 3.63) is 63.9 Å². The van der Waals surface area contributed by atoms with E-state index < -0.39 is 17.5 Å². The van der Waals surface area contributed by atoms with Gasteiger partial charge in [-0.2, -0.15) is 0 Å². The fraction of sp³-hybridized carbons (Fsp3) is 0.316. The summed E-state index contributed by atoms with van der Waals surface area (Å²) in [4.78, 5) is 16.2. The Hall–Kier alpha value is -2.25. The van der Waals surface area contributed by atoms with Gasteiger partial charge in [0.25, 0.3) is 5.91 Å². The van der Waals surface area contributed by atoms with Gasteiger partial charge < -0.3 is 10.2 Å². The molecular formula is C19H19ClF3N3O. The number of amides is 1. The van der Waals surface area contributed by atoms with Crippen LogP contribution in [0.15, 0.2) is 30.3 Å². The molecule has 1 saturated heterocycles. The first-order valence-electron chi connectivity index (χ1n) is 8.51. The summed E-state index contributed by atoms with van der Waals surface area (Å²) < 4.78 is 40.6. The molecule has 1 fully saturated rings. The smallest absolute Gasteiger partial charge is 0.255 e. The number of carbonyl (C=O) groups excluding carboxylic acids is 1. The molecule has 0 saturated carbocycles. The zero-order valence-electron chi connectivity index (χ0n) is 14.7. The molecule has 1 heterocycles. The van der Waals surface area contributed by atoms with Crippen molar-refractivity contribution < 1.29 is 18.0 Å². The standard InChI is InChI=1S/C19H19ClF3N3O/c1-24-13-2-3-14(16(20)10-13)19(27)26-6-4-25(5-7-26)11-15-17(22)8-12(21)9-18(15)23/h2-3,8-10,24H,4-7,11H2,1H3. The lowest BCUT2D eigenvalue weighted by Crippen LogP contribution is -2.48. The molecule has 27 heavy (non-hydrogen) atoms. The molecule has 1 aliphatic rings. The molecule has 0 unspecified atom stereocenters. The van der Waals surface area contributed by atoms with E-state index >= 15 is 0 Å². The van der Waals surface area contributed by atoms with E-state index in [2.05, 4.69) is 5.32 Å². The summed E-state index contributed by atoms with van der Waals surface area (Å²) in [5.74, 6) is -2.92. The molecule has 0 radical (unpaired) electrons. The van der Waals surface area contributed by atoms with Crippen molar-refractivity contribution in [3.8, 4) is 0 Å². The Kier molecular flexibility index (Phi) is 5.92. The first kappa shape index (κ1) is 19.5. The number of hydrogen-bond acceptors (Lipinski definition) is 3. The van der Waals surface area contributed by atoms with Crippen LogP contribution in [0.1, 0.15) is 15.9 Å². The summed E-state index contributed by atoms with van der Waals surface area (Å²) in [5.41, 5.74) is 1.06. The van der Waals surface area contributed by atoms with Crippen molar-refractivity contribution >= 4 is 23.2 Å². The molecule has 1 N–H and O–H groups in total. The van der Waals surface area contributed by atoms with Crippen molar-refractivity contribution in [1.82, 2.24) is 9.80 Å². The Morgan fingerprint density at radius 3 is 2.26 bits per heavy atom. The van der Waals surface area contributed by atoms with E-state index in [0.29, 0.717) is 48.9 Å². The Bertz CT molecular complexity index is 831. The zero-order chi connectivity index (χ0) is 19.6. The average Bonchev–Trinajstić information content (AvgIpc) is 2.64. The lowest BCUT2D eigenvalue weighted by molar-refractivity contribution is 0.0625. The number of nitrogens with one attached hydrogen (secondary N) is 1. The van der Waals surface area contributed by atoms with E-state index in [1.54, 1.807) is 30.1 Å². The van der Waals surface area contributed by atoms with Gasteiger partial charge in [-0.1, -0.05) is 11.6 Å². The van der Waals surface area contributed by atoms with Crippen LogP contribution < -0.4 is 5.32 Å². The summed E-state index contributed by atoms with van der Waals surface area (Å²) in [7, 11) is 1.76. The maximum Gasteiger partial charge on any atom is 0.255 e. The number of carbonyl (C=O) groups is 1. The van der Waals surface area contributed by atoms with Gasteiger partial charge >= 0.3 is 0 Å². The second-order valence-corrected chi connectivity index (χ2v) is 6.77. The van der Waals surface area contributed by atoms with Crippen LogP contribution in [0.3, 0.4) is 0 Å². The molecule has 2 aromatic rings. The van der Waals surface area contributed by atoms with E-state index in [1.165, 1.54) is 0 Å². The van der Waals surface area contributed by atoms with Crippen molar-refractivity contribution in [2.75, 3.05) is 38.5 Å². The number of benzene rings is 2. The SMILES string of the molecule is CNc1ccc(C(=O)N2CCN(Cc3c(F)cc(F)cc3F)CC2)c(Cl)c1. The summed E-state index contributed by atoms with van der Waals surface area (Å²) in [6.45, 7) is 1.75. The molecule has 0 bridgehead atoms. The van der Waals surface area contributed by atoms with E-state index in [0.717, 1.165) is 5.69 Å². The minimum Gasteiger partial charge on any atom is -0.388 e. The van der Waals surface area contributed by atoms with Crippen LogP contribution in [0.2, 0.25) is 5.02 Å². The summed E-state index contributed by atoms with van der Waals surface area (Å²) in [6, 6.07) is 6.48. The van der Waals surface area contributed by atoms with Crippen LogP contribution in [-0.4, -0.2) is 48.9 Å². The second kappa shape index (κ2) is 8.19. The summed E-state index contributed by atoms with van der Waals surface area (Å²) >= 11 is 6.19. The van der Waals surface area contributed by atoms with Crippen molar-refractivity contribution in [2.24, 2.45) is 0 Å². The Morgan fingerprint density at radius 1 is 1.07 bits per heavy atom. The van der Waals surface area contributed by atoms with Gasteiger partial charge in [0.1, 0.15) is 17.5 Å². The quantitative estimate of drug-likeness (QED) is 0.853. The van der Waals surface area contributed by atoms with Gasteiger partial charge in [0.05, 0.1) is 10.6 Å². The molecule has 4 nitrogen and oxygen atoms in total. The molecule has 3 rings (SSSR count). The highest BCUT2D eigenvalue weighted by Gasteiger charge is 2.25. The third kappa shape index (κ3) is 4.36. The van der Waals surface area contributed by atoms with Crippen molar-refractivity contribution in [2.45, 2.75) is 6.54 Å². The Morgan fingerprint density at radius 2 is 1.70 bits per heavy atom. The minimum atomic E-state index is -0.940. The maximum absolute atomic E-state index is 13.8. The van der Waals surface area contributed by atoms with Crippen LogP contribution in [0.5, 0.6) is 0 Å². The number of halogens is 4. The zero-order valence-corrected chi connectivity index (χ0v) is 15.5. The Labute approximate surface area is 160 Å². The minimum absolute atomic E-state index is 0.0254. The lowest BCUT2D eigenvalue weighted by Gasteiger charge is -2.35. The molecule has 2 aromatic carbocycles. The number of piperazine rings is 1. The predicted octanol–water partition coefficient (Wildman–Crippen LogP) is 3.76. The average molecular weight is 398 g/mol. The number of hydrogen-bond donors (Lipinski definition) is 1. The Balaban J connectivity index is 1.63. The van der Waals surface area contributed by atoms with E-state index in [1.807, 2.05) is 4.90 Å². The van der Waals surface area contributed by atoms with Crippen LogP contribution in [0.25, 0.3) is 0 Å². The lowest BCUT2D eigenvalue weighted by atomic mass is 10.1. The summed E-state index contributed by atoms with van der Waals surface area (Å²) in [6.07, 6.45) is 0. The number of rotatable bonds is 4. The van der Waals surface area contributed by atoms with Crippen LogP contribution in [0.4, 0.5) is 18.9 Å². The third-order valence-electron chi connectivity index (χ3n) is 4.64. The fourth-order valence-corrected chi connectivity index (χ4v) is 3.33. The van der Waals surface area contributed by atoms with Gasteiger partial charge in [-0.25, -0.2) is 13.2 Å². The number of nitrogens with zero attached hydrogens (tertiary/aromatic N) is 2. The van der Waals surface area contributed by atoms with Gasteiger partial charge in [0.2, 0.25) is 0 Å². The van der Waals surface area contributed by atoms with Crippen molar-refractivity contribution in [1.29, 1.82) is 0 Å². The highest BCUT2D eigenvalue weighted by Crippen LogP contribution is 2.23. The van der Waals surface area contributed by atoms with Gasteiger partial charge in [-0.3, -0.25) is 9.69 Å².